The average Bonchev–Trinajstić information content (AvgIpc) is 2.49. The predicted molar refractivity (Wildman–Crippen MR) is 80.9 cm³/mol. The van der Waals surface area contributed by atoms with E-state index in [2.05, 4.69) is 11.5 Å². The second-order valence-electron chi connectivity index (χ2n) is 4.90. The molecule has 2 N–H and O–H groups in total. The number of aryl methyl sites for hydroxylation is 1. The maximum absolute atomic E-state index is 11.3. The van der Waals surface area contributed by atoms with Gasteiger partial charge in [0.2, 0.25) is 0 Å². The minimum absolute atomic E-state index is 0.0205. The predicted octanol–water partition coefficient (Wildman–Crippen LogP) is 2.09. The van der Waals surface area contributed by atoms with Crippen molar-refractivity contribution in [3.05, 3.63) is 41.5 Å². The van der Waals surface area contributed by atoms with Gasteiger partial charge in [-0.3, -0.25) is 0 Å². The first-order valence-electron chi connectivity index (χ1n) is 7.02. The standard InChI is InChI=1S/C16H20O7/c1-10(2)16(20)21-9-5-7-12-6-4-8-13(15(18)19)14(12)23-22-11(3)17/h4,6,8,11,17H,1,5,7,9H2,2-3H3,(H,18,19). The Morgan fingerprint density at radius 3 is 2.61 bits per heavy atom. The van der Waals surface area contributed by atoms with Gasteiger partial charge in [0.1, 0.15) is 5.56 Å². The van der Waals surface area contributed by atoms with Crippen molar-refractivity contribution in [2.75, 3.05) is 6.61 Å². The zero-order valence-corrected chi connectivity index (χ0v) is 13.1. The van der Waals surface area contributed by atoms with Crippen LogP contribution in [0.2, 0.25) is 0 Å². The van der Waals surface area contributed by atoms with Crippen molar-refractivity contribution in [2.45, 2.75) is 33.0 Å². The van der Waals surface area contributed by atoms with Gasteiger partial charge < -0.3 is 19.8 Å². The highest BCUT2D eigenvalue weighted by Crippen LogP contribution is 2.26. The lowest BCUT2D eigenvalue weighted by atomic mass is 10.0. The van der Waals surface area contributed by atoms with Crippen LogP contribution < -0.4 is 4.89 Å². The van der Waals surface area contributed by atoms with Gasteiger partial charge in [-0.1, -0.05) is 18.7 Å². The lowest BCUT2D eigenvalue weighted by molar-refractivity contribution is -0.299. The summed E-state index contributed by atoms with van der Waals surface area (Å²) in [6, 6.07) is 4.62. The molecule has 0 bridgehead atoms. The van der Waals surface area contributed by atoms with E-state index in [1.54, 1.807) is 19.1 Å². The van der Waals surface area contributed by atoms with Gasteiger partial charge in [0.05, 0.1) is 6.61 Å². The summed E-state index contributed by atoms with van der Waals surface area (Å²) in [5, 5.41) is 18.3. The summed E-state index contributed by atoms with van der Waals surface area (Å²) in [7, 11) is 0. The summed E-state index contributed by atoms with van der Waals surface area (Å²) in [6.07, 6.45) is -0.336. The van der Waals surface area contributed by atoms with Crippen LogP contribution in [0.1, 0.15) is 36.2 Å². The first kappa shape index (κ1) is 18.7. The molecule has 0 saturated carbocycles. The molecular formula is C16H20O7. The van der Waals surface area contributed by atoms with Crippen LogP contribution in [-0.4, -0.2) is 35.0 Å². The number of carbonyl (C=O) groups is 2. The van der Waals surface area contributed by atoms with Crippen LogP contribution in [0.25, 0.3) is 0 Å². The molecule has 0 aliphatic rings. The Hall–Kier alpha value is -2.38. The first-order valence-corrected chi connectivity index (χ1v) is 7.02. The number of carboxylic acids is 1. The number of hydrogen-bond donors (Lipinski definition) is 2. The molecule has 1 unspecified atom stereocenters. The fraction of sp³-hybridized carbons (Fsp3) is 0.375. The molecule has 0 radical (unpaired) electrons. The molecule has 0 aliphatic carbocycles. The first-order chi connectivity index (χ1) is 10.8. The van der Waals surface area contributed by atoms with Crippen LogP contribution in [0.5, 0.6) is 5.75 Å². The summed E-state index contributed by atoms with van der Waals surface area (Å²) in [5.74, 6) is -1.63. The molecule has 1 atom stereocenters. The van der Waals surface area contributed by atoms with E-state index in [9.17, 15) is 14.7 Å². The monoisotopic (exact) mass is 324 g/mol. The van der Waals surface area contributed by atoms with Crippen molar-refractivity contribution in [3.63, 3.8) is 0 Å². The molecule has 1 aromatic carbocycles. The third-order valence-electron chi connectivity index (χ3n) is 2.77. The zero-order valence-electron chi connectivity index (χ0n) is 13.1. The summed E-state index contributed by atoms with van der Waals surface area (Å²) < 4.78 is 4.97. The lowest BCUT2D eigenvalue weighted by Crippen LogP contribution is -2.13. The van der Waals surface area contributed by atoms with E-state index in [0.717, 1.165) is 0 Å². The number of aromatic carboxylic acids is 1. The average molecular weight is 324 g/mol. The maximum Gasteiger partial charge on any atom is 0.339 e. The molecule has 23 heavy (non-hydrogen) atoms. The van der Waals surface area contributed by atoms with Gasteiger partial charge in [0, 0.05) is 5.57 Å². The Morgan fingerprint density at radius 1 is 1.35 bits per heavy atom. The molecule has 0 heterocycles. The fourth-order valence-electron chi connectivity index (χ4n) is 1.72. The number of esters is 1. The summed E-state index contributed by atoms with van der Waals surface area (Å²) in [6.45, 7) is 6.53. The second kappa shape index (κ2) is 8.92. The molecule has 0 aliphatic heterocycles. The number of aliphatic hydroxyl groups excluding tert-OH is 1. The quantitative estimate of drug-likeness (QED) is 0.179. The van der Waals surface area contributed by atoms with Crippen LogP contribution in [-0.2, 0) is 20.8 Å². The number of aliphatic hydroxyl groups is 1. The van der Waals surface area contributed by atoms with Crippen LogP contribution in [0.15, 0.2) is 30.4 Å². The van der Waals surface area contributed by atoms with Gasteiger partial charge in [-0.05, 0) is 38.3 Å². The topological polar surface area (TPSA) is 102 Å². The molecule has 1 rings (SSSR count). The molecule has 1 aromatic rings. The molecule has 7 heteroatoms. The lowest BCUT2D eigenvalue weighted by Gasteiger charge is -2.13. The molecule has 0 aromatic heterocycles. The Balaban J connectivity index is 2.76. The van der Waals surface area contributed by atoms with E-state index in [4.69, 9.17) is 14.7 Å². The van der Waals surface area contributed by atoms with Gasteiger partial charge in [-0.2, -0.15) is 4.89 Å². The number of carboxylic acid groups (broad SMARTS) is 1. The largest absolute Gasteiger partial charge is 0.478 e. The highest BCUT2D eigenvalue weighted by Gasteiger charge is 2.17. The Bertz CT molecular complexity index is 578. The van der Waals surface area contributed by atoms with Crippen molar-refractivity contribution in [1.82, 2.24) is 0 Å². The van der Waals surface area contributed by atoms with E-state index in [0.29, 0.717) is 24.0 Å². The fourth-order valence-corrected chi connectivity index (χ4v) is 1.72. The van der Waals surface area contributed by atoms with E-state index in [-0.39, 0.29) is 17.9 Å². The van der Waals surface area contributed by atoms with E-state index in [1.165, 1.54) is 13.0 Å². The van der Waals surface area contributed by atoms with Crippen molar-refractivity contribution < 1.29 is 34.3 Å². The number of hydrogen-bond acceptors (Lipinski definition) is 6. The second-order valence-corrected chi connectivity index (χ2v) is 4.90. The van der Waals surface area contributed by atoms with E-state index >= 15 is 0 Å². The summed E-state index contributed by atoms with van der Waals surface area (Å²) in [4.78, 5) is 32.1. The van der Waals surface area contributed by atoms with Gasteiger partial charge in [0.15, 0.2) is 12.0 Å². The Morgan fingerprint density at radius 2 is 2.04 bits per heavy atom. The minimum Gasteiger partial charge on any atom is -0.478 e. The number of rotatable bonds is 9. The highest BCUT2D eigenvalue weighted by atomic mass is 17.2. The number of carbonyl (C=O) groups excluding carboxylic acids is 1. The van der Waals surface area contributed by atoms with Crippen molar-refractivity contribution in [3.8, 4) is 5.75 Å². The summed E-state index contributed by atoms with van der Waals surface area (Å²) in [5.41, 5.74) is 0.797. The van der Waals surface area contributed by atoms with E-state index < -0.39 is 18.2 Å². The molecule has 126 valence electrons. The van der Waals surface area contributed by atoms with Crippen molar-refractivity contribution >= 4 is 11.9 Å². The molecule has 0 saturated heterocycles. The molecular weight excluding hydrogens is 304 g/mol. The van der Waals surface area contributed by atoms with Crippen molar-refractivity contribution in [2.24, 2.45) is 0 Å². The Kier molecular flexibility index (Phi) is 7.24. The van der Waals surface area contributed by atoms with Crippen LogP contribution >= 0.6 is 0 Å². The zero-order chi connectivity index (χ0) is 17.4. The molecule has 0 amide bonds. The number of para-hydroxylation sites is 1. The van der Waals surface area contributed by atoms with Gasteiger partial charge >= 0.3 is 11.9 Å². The van der Waals surface area contributed by atoms with Gasteiger partial charge in [-0.15, -0.1) is 0 Å². The van der Waals surface area contributed by atoms with Crippen LogP contribution in [0.3, 0.4) is 0 Å². The molecule has 0 fully saturated rings. The third-order valence-corrected chi connectivity index (χ3v) is 2.77. The van der Waals surface area contributed by atoms with Crippen LogP contribution in [0, 0.1) is 0 Å². The van der Waals surface area contributed by atoms with E-state index in [1.807, 2.05) is 0 Å². The summed E-state index contributed by atoms with van der Waals surface area (Å²) >= 11 is 0. The normalized spacial score (nSPS) is 11.6. The van der Waals surface area contributed by atoms with Crippen LogP contribution in [0.4, 0.5) is 0 Å². The number of ether oxygens (including phenoxy) is 1. The van der Waals surface area contributed by atoms with Gasteiger partial charge in [-0.25, -0.2) is 9.59 Å². The highest BCUT2D eigenvalue weighted by molar-refractivity contribution is 5.91. The van der Waals surface area contributed by atoms with Crippen molar-refractivity contribution in [1.29, 1.82) is 0 Å². The molecule has 0 spiro atoms. The minimum atomic E-state index is -1.21. The smallest absolute Gasteiger partial charge is 0.339 e. The maximum atomic E-state index is 11.3. The third kappa shape index (κ3) is 6.09. The Labute approximate surface area is 134 Å². The SMILES string of the molecule is C=C(C)C(=O)OCCCc1cccc(C(=O)O)c1OOC(C)O. The molecule has 7 nitrogen and oxygen atoms in total. The van der Waals surface area contributed by atoms with Gasteiger partial charge in [0.25, 0.3) is 0 Å². The number of benzene rings is 1.